The average Bonchev–Trinajstić information content (AvgIpc) is 2.44. The highest BCUT2D eigenvalue weighted by Crippen LogP contribution is 2.22. The number of carbonyl (C=O) groups is 2. The Hall–Kier alpha value is -1.20. The quantitative estimate of drug-likeness (QED) is 0.614. The molecule has 0 fully saturated rings. The number of hydrogen-bond acceptors (Lipinski definition) is 3. The van der Waals surface area contributed by atoms with E-state index in [2.05, 4.69) is 0 Å². The monoisotopic (exact) mass is 329 g/mol. The van der Waals surface area contributed by atoms with Gasteiger partial charge in [-0.1, -0.05) is 11.6 Å². The van der Waals surface area contributed by atoms with E-state index in [0.29, 0.717) is 17.9 Å². The molecular weight excluding hydrogens is 310 g/mol. The van der Waals surface area contributed by atoms with Crippen LogP contribution in [0.4, 0.5) is 0 Å². The second-order valence-corrected chi connectivity index (χ2v) is 6.83. The van der Waals surface area contributed by atoms with E-state index in [0.717, 1.165) is 10.6 Å². The molecule has 0 saturated carbocycles. The fraction of sp³-hybridized carbons (Fsp3) is 0.467. The summed E-state index contributed by atoms with van der Waals surface area (Å²) in [4.78, 5) is 25.5. The molecule has 1 aromatic carbocycles. The van der Waals surface area contributed by atoms with Gasteiger partial charge in [0.1, 0.15) is 5.54 Å². The number of thioether (sulfide) groups is 1. The molecule has 0 aliphatic carbocycles. The van der Waals surface area contributed by atoms with Crippen LogP contribution in [0.25, 0.3) is 0 Å². The van der Waals surface area contributed by atoms with Crippen LogP contribution in [-0.2, 0) is 9.59 Å². The number of halogens is 1. The van der Waals surface area contributed by atoms with Gasteiger partial charge < -0.3 is 10.0 Å². The van der Waals surface area contributed by atoms with E-state index in [-0.39, 0.29) is 5.91 Å². The van der Waals surface area contributed by atoms with Gasteiger partial charge in [0.25, 0.3) is 0 Å². The highest BCUT2D eigenvalue weighted by Gasteiger charge is 2.34. The van der Waals surface area contributed by atoms with Crippen LogP contribution in [0.15, 0.2) is 29.2 Å². The predicted octanol–water partition coefficient (Wildman–Crippen LogP) is 3.53. The van der Waals surface area contributed by atoms with Crippen molar-refractivity contribution in [1.29, 1.82) is 0 Å². The van der Waals surface area contributed by atoms with Gasteiger partial charge in [-0.3, -0.25) is 4.79 Å². The minimum Gasteiger partial charge on any atom is -0.480 e. The summed E-state index contributed by atoms with van der Waals surface area (Å²) >= 11 is 7.46. The molecule has 0 aliphatic rings. The van der Waals surface area contributed by atoms with Gasteiger partial charge in [0.05, 0.1) is 0 Å². The molecule has 0 aromatic heterocycles. The first-order valence-corrected chi connectivity index (χ1v) is 8.00. The first-order valence-electron chi connectivity index (χ1n) is 6.63. The third-order valence-electron chi connectivity index (χ3n) is 3.35. The molecule has 1 N–H and O–H groups in total. The first kappa shape index (κ1) is 17.9. The Bertz CT molecular complexity index is 502. The molecule has 1 rings (SSSR count). The van der Waals surface area contributed by atoms with Crippen LogP contribution in [0, 0.1) is 0 Å². The summed E-state index contributed by atoms with van der Waals surface area (Å²) < 4.78 is 0. The van der Waals surface area contributed by atoms with Crippen molar-refractivity contribution in [3.8, 4) is 0 Å². The minimum absolute atomic E-state index is 0.154. The van der Waals surface area contributed by atoms with Crippen molar-refractivity contribution in [2.75, 3.05) is 12.8 Å². The Kier molecular flexibility index (Phi) is 6.55. The predicted molar refractivity (Wildman–Crippen MR) is 85.9 cm³/mol. The van der Waals surface area contributed by atoms with Crippen LogP contribution >= 0.6 is 23.4 Å². The minimum atomic E-state index is -1.18. The summed E-state index contributed by atoms with van der Waals surface area (Å²) in [6.45, 7) is 3.05. The molecule has 0 aliphatic heterocycles. The molecule has 0 radical (unpaired) electrons. The maximum Gasteiger partial charge on any atom is 0.329 e. The Balaban J connectivity index is 2.37. The summed E-state index contributed by atoms with van der Waals surface area (Å²) in [5.41, 5.74) is -1.18. The molecule has 1 amide bonds. The Morgan fingerprint density at radius 2 is 1.86 bits per heavy atom. The molecule has 0 saturated heterocycles. The number of carboxylic acids is 1. The van der Waals surface area contributed by atoms with Crippen molar-refractivity contribution in [1.82, 2.24) is 4.90 Å². The topological polar surface area (TPSA) is 57.6 Å². The highest BCUT2D eigenvalue weighted by atomic mass is 35.5. The molecule has 0 atom stereocenters. The second-order valence-electron chi connectivity index (χ2n) is 5.22. The molecule has 0 spiro atoms. The zero-order valence-electron chi connectivity index (χ0n) is 12.4. The van der Waals surface area contributed by atoms with E-state index in [1.54, 1.807) is 11.8 Å². The zero-order valence-corrected chi connectivity index (χ0v) is 14.0. The van der Waals surface area contributed by atoms with Gasteiger partial charge in [-0.15, -0.1) is 11.8 Å². The number of amides is 1. The molecular formula is C15H20ClNO3S. The lowest BCUT2D eigenvalue weighted by atomic mass is 10.0. The van der Waals surface area contributed by atoms with E-state index in [9.17, 15) is 9.59 Å². The standard InChI is InChI=1S/C15H20ClNO3S/c1-15(2,14(19)20)17(3)13(18)5-4-10-21-12-8-6-11(16)7-9-12/h6-9H,4-5,10H2,1-3H3,(H,19,20). The van der Waals surface area contributed by atoms with Gasteiger partial charge in [0.2, 0.25) is 5.91 Å². The normalized spacial score (nSPS) is 11.2. The molecule has 21 heavy (non-hydrogen) atoms. The zero-order chi connectivity index (χ0) is 16.0. The van der Waals surface area contributed by atoms with Gasteiger partial charge in [0.15, 0.2) is 0 Å². The van der Waals surface area contributed by atoms with Crippen LogP contribution in [0.1, 0.15) is 26.7 Å². The Morgan fingerprint density at radius 1 is 1.29 bits per heavy atom. The number of hydrogen-bond donors (Lipinski definition) is 1. The molecule has 116 valence electrons. The van der Waals surface area contributed by atoms with Gasteiger partial charge in [-0.05, 0) is 50.3 Å². The fourth-order valence-electron chi connectivity index (χ4n) is 1.57. The number of benzene rings is 1. The first-order chi connectivity index (χ1) is 9.75. The van der Waals surface area contributed by atoms with Crippen LogP contribution in [0.5, 0.6) is 0 Å². The maximum atomic E-state index is 12.0. The lowest BCUT2D eigenvalue weighted by molar-refractivity contribution is -0.155. The maximum absolute atomic E-state index is 12.0. The van der Waals surface area contributed by atoms with Crippen molar-refractivity contribution in [2.45, 2.75) is 37.1 Å². The molecule has 6 heteroatoms. The summed E-state index contributed by atoms with van der Waals surface area (Å²) in [5, 5.41) is 9.80. The van der Waals surface area contributed by atoms with Crippen LogP contribution in [-0.4, -0.2) is 40.2 Å². The summed E-state index contributed by atoms with van der Waals surface area (Å²) in [5.74, 6) is -0.359. The smallest absolute Gasteiger partial charge is 0.329 e. The van der Waals surface area contributed by atoms with E-state index in [1.807, 2.05) is 24.3 Å². The van der Waals surface area contributed by atoms with E-state index in [1.165, 1.54) is 25.8 Å². The van der Waals surface area contributed by atoms with Crippen LogP contribution in [0.3, 0.4) is 0 Å². The van der Waals surface area contributed by atoms with E-state index < -0.39 is 11.5 Å². The van der Waals surface area contributed by atoms with Crippen molar-refractivity contribution < 1.29 is 14.7 Å². The Labute approximate surface area is 134 Å². The number of nitrogens with zero attached hydrogens (tertiary/aromatic N) is 1. The highest BCUT2D eigenvalue weighted by molar-refractivity contribution is 7.99. The number of aliphatic carboxylic acids is 1. The lowest BCUT2D eigenvalue weighted by Gasteiger charge is -2.31. The van der Waals surface area contributed by atoms with Crippen molar-refractivity contribution in [3.05, 3.63) is 29.3 Å². The van der Waals surface area contributed by atoms with E-state index >= 15 is 0 Å². The number of likely N-dealkylation sites (N-methyl/N-ethyl adjacent to an activating group) is 1. The Morgan fingerprint density at radius 3 is 2.38 bits per heavy atom. The molecule has 0 unspecified atom stereocenters. The SMILES string of the molecule is CN(C(=O)CCCSc1ccc(Cl)cc1)C(C)(C)C(=O)O. The van der Waals surface area contributed by atoms with Gasteiger partial charge in [-0.2, -0.15) is 0 Å². The number of carboxylic acid groups (broad SMARTS) is 1. The van der Waals surface area contributed by atoms with Gasteiger partial charge in [-0.25, -0.2) is 4.79 Å². The number of carbonyl (C=O) groups excluding carboxylic acids is 1. The van der Waals surface area contributed by atoms with Crippen molar-refractivity contribution in [3.63, 3.8) is 0 Å². The summed E-state index contributed by atoms with van der Waals surface area (Å²) in [6.07, 6.45) is 1.04. The molecule has 4 nitrogen and oxygen atoms in total. The molecule has 0 heterocycles. The van der Waals surface area contributed by atoms with Crippen LogP contribution in [0.2, 0.25) is 5.02 Å². The van der Waals surface area contributed by atoms with Crippen molar-refractivity contribution in [2.24, 2.45) is 0 Å². The average molecular weight is 330 g/mol. The molecule has 0 bridgehead atoms. The summed E-state index contributed by atoms with van der Waals surface area (Å²) in [6, 6.07) is 7.54. The largest absolute Gasteiger partial charge is 0.480 e. The summed E-state index contributed by atoms with van der Waals surface area (Å²) in [7, 11) is 1.53. The number of rotatable bonds is 7. The lowest BCUT2D eigenvalue weighted by Crippen LogP contribution is -2.50. The third kappa shape index (κ3) is 5.25. The third-order valence-corrected chi connectivity index (χ3v) is 4.70. The molecule has 1 aromatic rings. The van der Waals surface area contributed by atoms with Gasteiger partial charge in [0, 0.05) is 23.4 Å². The van der Waals surface area contributed by atoms with Gasteiger partial charge >= 0.3 is 5.97 Å². The van der Waals surface area contributed by atoms with Crippen molar-refractivity contribution >= 4 is 35.2 Å². The van der Waals surface area contributed by atoms with E-state index in [4.69, 9.17) is 16.7 Å². The second kappa shape index (κ2) is 7.71. The van der Waals surface area contributed by atoms with Crippen LogP contribution < -0.4 is 0 Å². The fourth-order valence-corrected chi connectivity index (χ4v) is 2.55.